The fraction of sp³-hybridized carbons (Fsp3) is 0.167. The lowest BCUT2D eigenvalue weighted by molar-refractivity contribution is 0.0557. The smallest absolute Gasteiger partial charge is 0.373 e. The molecule has 1 atom stereocenters. The largest absolute Gasteiger partial charge is 0.463 e. The second-order valence-corrected chi connectivity index (χ2v) is 3.35. The van der Waals surface area contributed by atoms with Crippen LogP contribution in [0.5, 0.6) is 0 Å². The summed E-state index contributed by atoms with van der Waals surface area (Å²) in [7, 11) is 1.26. The van der Waals surface area contributed by atoms with E-state index < -0.39 is 12.1 Å². The first-order chi connectivity index (χ1) is 8.22. The Morgan fingerprint density at radius 3 is 2.88 bits per heavy atom. The summed E-state index contributed by atoms with van der Waals surface area (Å²) >= 11 is 0. The van der Waals surface area contributed by atoms with Crippen LogP contribution in [0.15, 0.2) is 40.9 Å². The number of nitrogens with zero attached hydrogens (tertiary/aromatic N) is 1. The van der Waals surface area contributed by atoms with Crippen LogP contribution in [0.4, 0.5) is 0 Å². The Labute approximate surface area is 97.7 Å². The fourth-order valence-corrected chi connectivity index (χ4v) is 1.39. The third kappa shape index (κ3) is 2.34. The highest BCUT2D eigenvalue weighted by molar-refractivity contribution is 5.86. The van der Waals surface area contributed by atoms with Gasteiger partial charge in [-0.3, -0.25) is 4.98 Å². The van der Waals surface area contributed by atoms with Crippen LogP contribution in [0, 0.1) is 0 Å². The van der Waals surface area contributed by atoms with Crippen LogP contribution in [0.3, 0.4) is 0 Å². The van der Waals surface area contributed by atoms with Crippen LogP contribution in [0.25, 0.3) is 0 Å². The van der Waals surface area contributed by atoms with Gasteiger partial charge in [0.1, 0.15) is 5.76 Å². The Hall–Kier alpha value is -2.14. The summed E-state index contributed by atoms with van der Waals surface area (Å²) in [6, 6.07) is 8.15. The minimum atomic E-state index is -0.991. The van der Waals surface area contributed by atoms with Crippen molar-refractivity contribution in [2.24, 2.45) is 0 Å². The van der Waals surface area contributed by atoms with Crippen molar-refractivity contribution in [3.63, 3.8) is 0 Å². The van der Waals surface area contributed by atoms with Gasteiger partial charge in [0.15, 0.2) is 6.10 Å². The highest BCUT2D eigenvalue weighted by atomic mass is 16.5. The van der Waals surface area contributed by atoms with Crippen molar-refractivity contribution in [3.8, 4) is 0 Å². The SMILES string of the molecule is COC(=O)c1ccc(C(O)c2ccccn2)o1. The quantitative estimate of drug-likeness (QED) is 0.814. The molecule has 2 heterocycles. The van der Waals surface area contributed by atoms with Gasteiger partial charge >= 0.3 is 5.97 Å². The van der Waals surface area contributed by atoms with Crippen molar-refractivity contribution in [3.05, 3.63) is 53.7 Å². The molecule has 5 nitrogen and oxygen atoms in total. The second kappa shape index (κ2) is 4.80. The van der Waals surface area contributed by atoms with Crippen LogP contribution in [-0.2, 0) is 4.74 Å². The Kier molecular flexibility index (Phi) is 3.20. The van der Waals surface area contributed by atoms with Crippen LogP contribution >= 0.6 is 0 Å². The summed E-state index contributed by atoms with van der Waals surface area (Å²) in [5.74, 6) is -0.272. The third-order valence-corrected chi connectivity index (χ3v) is 2.25. The molecule has 1 N–H and O–H groups in total. The highest BCUT2D eigenvalue weighted by Crippen LogP contribution is 2.22. The van der Waals surface area contributed by atoms with Crippen molar-refractivity contribution < 1.29 is 19.1 Å². The normalized spacial score (nSPS) is 12.1. The van der Waals surface area contributed by atoms with Gasteiger partial charge in [-0.1, -0.05) is 6.07 Å². The van der Waals surface area contributed by atoms with E-state index in [4.69, 9.17) is 4.42 Å². The molecule has 17 heavy (non-hydrogen) atoms. The lowest BCUT2D eigenvalue weighted by Crippen LogP contribution is -2.01. The molecule has 0 bridgehead atoms. The Balaban J connectivity index is 2.23. The van der Waals surface area contributed by atoms with Gasteiger partial charge in [0, 0.05) is 6.20 Å². The number of carbonyl (C=O) groups is 1. The Morgan fingerprint density at radius 1 is 1.41 bits per heavy atom. The number of furan rings is 1. The molecule has 0 saturated carbocycles. The molecule has 0 saturated heterocycles. The number of carbonyl (C=O) groups excluding carboxylic acids is 1. The van der Waals surface area contributed by atoms with Crippen LogP contribution in [0.2, 0.25) is 0 Å². The van der Waals surface area contributed by atoms with E-state index in [0.717, 1.165) is 0 Å². The molecule has 1 unspecified atom stereocenters. The molecule has 0 amide bonds. The maximum Gasteiger partial charge on any atom is 0.373 e. The average molecular weight is 233 g/mol. The number of esters is 1. The van der Waals surface area contributed by atoms with Gasteiger partial charge in [0.25, 0.3) is 0 Å². The molecule has 0 fully saturated rings. The van der Waals surface area contributed by atoms with Gasteiger partial charge in [-0.05, 0) is 24.3 Å². The molecule has 2 rings (SSSR count). The van der Waals surface area contributed by atoms with E-state index in [-0.39, 0.29) is 11.5 Å². The predicted molar refractivity (Wildman–Crippen MR) is 58.3 cm³/mol. The topological polar surface area (TPSA) is 72.6 Å². The Bertz CT molecular complexity index is 506. The average Bonchev–Trinajstić information content (AvgIpc) is 2.87. The molecule has 5 heteroatoms. The molecule has 0 aliphatic carbocycles. The number of rotatable bonds is 3. The molecule has 88 valence electrons. The maximum atomic E-state index is 11.2. The van der Waals surface area contributed by atoms with E-state index in [2.05, 4.69) is 9.72 Å². The summed E-state index contributed by atoms with van der Waals surface area (Å²) in [5.41, 5.74) is 0.457. The van der Waals surface area contributed by atoms with Crippen LogP contribution in [0.1, 0.15) is 28.1 Å². The van der Waals surface area contributed by atoms with Gasteiger partial charge in [0.2, 0.25) is 5.76 Å². The second-order valence-electron chi connectivity index (χ2n) is 3.35. The highest BCUT2D eigenvalue weighted by Gasteiger charge is 2.18. The summed E-state index contributed by atoms with van der Waals surface area (Å²) in [6.07, 6.45) is 0.581. The van der Waals surface area contributed by atoms with Gasteiger partial charge in [0.05, 0.1) is 12.8 Å². The third-order valence-electron chi connectivity index (χ3n) is 2.25. The summed E-state index contributed by atoms with van der Waals surface area (Å²) in [6.45, 7) is 0. The summed E-state index contributed by atoms with van der Waals surface area (Å²) < 4.78 is 9.69. The van der Waals surface area contributed by atoms with Crippen LogP contribution in [-0.4, -0.2) is 23.2 Å². The molecule has 2 aromatic heterocycles. The maximum absolute atomic E-state index is 11.2. The molecule has 0 aliphatic heterocycles. The fourth-order valence-electron chi connectivity index (χ4n) is 1.39. The molecular weight excluding hydrogens is 222 g/mol. The first-order valence-corrected chi connectivity index (χ1v) is 4.99. The first kappa shape index (κ1) is 11.3. The van der Waals surface area contributed by atoms with E-state index in [9.17, 15) is 9.90 Å². The lowest BCUT2D eigenvalue weighted by Gasteiger charge is -2.05. The summed E-state index contributed by atoms with van der Waals surface area (Å²) in [4.78, 5) is 15.2. The summed E-state index contributed by atoms with van der Waals surface area (Å²) in [5, 5.41) is 9.95. The van der Waals surface area contributed by atoms with Crippen LogP contribution < -0.4 is 0 Å². The van der Waals surface area contributed by atoms with Crippen molar-refractivity contribution in [1.82, 2.24) is 4.98 Å². The van der Waals surface area contributed by atoms with Gasteiger partial charge in [-0.15, -0.1) is 0 Å². The molecule has 0 aliphatic rings. The number of aromatic nitrogens is 1. The molecule has 0 spiro atoms. The van der Waals surface area contributed by atoms with E-state index in [0.29, 0.717) is 5.69 Å². The van der Waals surface area contributed by atoms with E-state index >= 15 is 0 Å². The minimum Gasteiger partial charge on any atom is -0.463 e. The molecule has 2 aromatic rings. The number of methoxy groups -OCH3 is 1. The number of ether oxygens (including phenoxy) is 1. The number of hydrogen-bond acceptors (Lipinski definition) is 5. The van der Waals surface area contributed by atoms with Crippen molar-refractivity contribution in [1.29, 1.82) is 0 Å². The minimum absolute atomic E-state index is 0.0532. The van der Waals surface area contributed by atoms with Gasteiger partial charge in [-0.2, -0.15) is 0 Å². The lowest BCUT2D eigenvalue weighted by atomic mass is 10.2. The number of hydrogen-bond donors (Lipinski definition) is 1. The molecular formula is C12H11NO4. The molecule has 0 aromatic carbocycles. The zero-order valence-electron chi connectivity index (χ0n) is 9.16. The zero-order chi connectivity index (χ0) is 12.3. The van der Waals surface area contributed by atoms with Gasteiger partial charge < -0.3 is 14.3 Å². The Morgan fingerprint density at radius 2 is 2.24 bits per heavy atom. The predicted octanol–water partition coefficient (Wildman–Crippen LogP) is 1.54. The van der Waals surface area contributed by atoms with Crippen molar-refractivity contribution >= 4 is 5.97 Å². The van der Waals surface area contributed by atoms with E-state index in [1.165, 1.54) is 19.2 Å². The number of pyridine rings is 1. The number of aliphatic hydroxyl groups excluding tert-OH is 1. The van der Waals surface area contributed by atoms with Crippen molar-refractivity contribution in [2.75, 3.05) is 7.11 Å². The molecule has 0 radical (unpaired) electrons. The number of aliphatic hydroxyl groups is 1. The first-order valence-electron chi connectivity index (χ1n) is 4.99. The monoisotopic (exact) mass is 233 g/mol. The van der Waals surface area contributed by atoms with Gasteiger partial charge in [-0.25, -0.2) is 4.79 Å². The van der Waals surface area contributed by atoms with Crippen molar-refractivity contribution in [2.45, 2.75) is 6.10 Å². The standard InChI is InChI=1S/C12H11NO4/c1-16-12(15)10-6-5-9(17-10)11(14)8-4-2-3-7-13-8/h2-7,11,14H,1H3. The van der Waals surface area contributed by atoms with E-state index in [1.807, 2.05) is 0 Å². The van der Waals surface area contributed by atoms with E-state index in [1.54, 1.807) is 24.4 Å². The zero-order valence-corrected chi connectivity index (χ0v) is 9.16.